The Kier molecular flexibility index (Phi) is 3.21. The Morgan fingerprint density at radius 3 is 1.80 bits per heavy atom. The first-order valence-corrected chi connectivity index (χ1v) is 7.49. The van der Waals surface area contributed by atoms with Gasteiger partial charge in [-0.2, -0.15) is 0 Å². The third-order valence-corrected chi connectivity index (χ3v) is 4.19. The fourth-order valence-electron chi connectivity index (χ4n) is 3.14. The summed E-state index contributed by atoms with van der Waals surface area (Å²) in [6.07, 6.45) is 0. The second-order valence-corrected chi connectivity index (χ2v) is 5.56. The molecule has 0 N–H and O–H groups in total. The van der Waals surface area contributed by atoms with Gasteiger partial charge in [0.05, 0.1) is 26.9 Å². The fourth-order valence-corrected chi connectivity index (χ4v) is 3.14. The van der Waals surface area contributed by atoms with Crippen LogP contribution in [0.2, 0.25) is 0 Å². The van der Waals surface area contributed by atoms with E-state index in [1.165, 1.54) is 12.1 Å². The average Bonchev–Trinajstić information content (AvgIpc) is 2.95. The summed E-state index contributed by atoms with van der Waals surface area (Å²) >= 11 is 0. The normalized spacial score (nSPS) is 11.0. The zero-order valence-electron chi connectivity index (χ0n) is 12.8. The van der Waals surface area contributed by atoms with Crippen LogP contribution in [0.25, 0.3) is 27.5 Å². The van der Waals surface area contributed by atoms with E-state index in [9.17, 15) is 20.2 Å². The highest BCUT2D eigenvalue weighted by Crippen LogP contribution is 2.36. The Bertz CT molecular complexity index is 1110. The molecule has 4 aromatic rings. The number of hydrogen-bond acceptors (Lipinski definition) is 4. The highest BCUT2D eigenvalue weighted by atomic mass is 16.6. The summed E-state index contributed by atoms with van der Waals surface area (Å²) in [5.74, 6) is 0. The first kappa shape index (κ1) is 14.8. The van der Waals surface area contributed by atoms with Gasteiger partial charge in [-0.25, -0.2) is 0 Å². The van der Waals surface area contributed by atoms with Crippen LogP contribution in [-0.4, -0.2) is 14.4 Å². The van der Waals surface area contributed by atoms with Gasteiger partial charge in [0.25, 0.3) is 11.4 Å². The number of nitro benzene ring substituents is 2. The molecule has 0 aliphatic heterocycles. The van der Waals surface area contributed by atoms with Crippen LogP contribution in [0.1, 0.15) is 0 Å². The van der Waals surface area contributed by atoms with Gasteiger partial charge in [-0.3, -0.25) is 20.2 Å². The van der Waals surface area contributed by atoms with E-state index in [1.54, 1.807) is 4.57 Å². The highest BCUT2D eigenvalue weighted by molar-refractivity contribution is 6.09. The predicted molar refractivity (Wildman–Crippen MR) is 94.1 cm³/mol. The molecule has 0 saturated heterocycles. The molecule has 0 aliphatic carbocycles. The van der Waals surface area contributed by atoms with Crippen LogP contribution in [0.15, 0.2) is 66.7 Å². The Balaban J connectivity index is 2.14. The predicted octanol–water partition coefficient (Wildman–Crippen LogP) is 4.60. The van der Waals surface area contributed by atoms with Gasteiger partial charge >= 0.3 is 0 Å². The lowest BCUT2D eigenvalue weighted by Gasteiger charge is -2.08. The summed E-state index contributed by atoms with van der Waals surface area (Å²) in [5.41, 5.74) is 1.30. The Labute approximate surface area is 141 Å². The third-order valence-electron chi connectivity index (χ3n) is 4.19. The molecule has 122 valence electrons. The standard InChI is InChI=1S/C18H11N3O4/c22-20(23)12-9-10-17(18(11-12)21(24)25)19-15-7-3-1-5-13(15)14-6-2-4-8-16(14)19/h1-11H. The van der Waals surface area contributed by atoms with Crippen LogP contribution < -0.4 is 0 Å². The van der Waals surface area contributed by atoms with Gasteiger partial charge in [-0.1, -0.05) is 36.4 Å². The molecule has 1 heterocycles. The highest BCUT2D eigenvalue weighted by Gasteiger charge is 2.23. The van der Waals surface area contributed by atoms with Gasteiger partial charge < -0.3 is 4.57 Å². The minimum absolute atomic E-state index is 0.299. The number of non-ortho nitro benzene ring substituents is 1. The SMILES string of the molecule is O=[N+]([O-])c1ccc(-n2c3ccccc3c3ccccc32)c([N+](=O)[O-])c1. The number of nitrogens with zero attached hydrogens (tertiary/aromatic N) is 3. The van der Waals surface area contributed by atoms with E-state index >= 15 is 0 Å². The summed E-state index contributed by atoms with van der Waals surface area (Å²) in [4.78, 5) is 21.3. The van der Waals surface area contributed by atoms with Crippen molar-refractivity contribution in [2.24, 2.45) is 0 Å². The molecule has 3 aromatic carbocycles. The molecule has 7 nitrogen and oxygen atoms in total. The molecule has 0 atom stereocenters. The van der Waals surface area contributed by atoms with Gasteiger partial charge in [-0.05, 0) is 18.2 Å². The van der Waals surface area contributed by atoms with Crippen LogP contribution in [0.3, 0.4) is 0 Å². The number of benzene rings is 3. The van der Waals surface area contributed by atoms with Crippen molar-refractivity contribution >= 4 is 33.2 Å². The summed E-state index contributed by atoms with van der Waals surface area (Å²) in [6, 6.07) is 18.9. The number of nitro groups is 2. The molecule has 0 unspecified atom stereocenters. The summed E-state index contributed by atoms with van der Waals surface area (Å²) in [6.45, 7) is 0. The summed E-state index contributed by atoms with van der Waals surface area (Å²) in [5, 5.41) is 24.4. The van der Waals surface area contributed by atoms with Gasteiger partial charge in [0.15, 0.2) is 0 Å². The van der Waals surface area contributed by atoms with Crippen LogP contribution in [0.5, 0.6) is 0 Å². The molecule has 25 heavy (non-hydrogen) atoms. The van der Waals surface area contributed by atoms with Crippen molar-refractivity contribution < 1.29 is 9.85 Å². The second-order valence-electron chi connectivity index (χ2n) is 5.56. The number of para-hydroxylation sites is 2. The lowest BCUT2D eigenvalue weighted by molar-refractivity contribution is -0.394. The van der Waals surface area contributed by atoms with Crippen LogP contribution in [-0.2, 0) is 0 Å². The topological polar surface area (TPSA) is 91.2 Å². The monoisotopic (exact) mass is 333 g/mol. The maximum Gasteiger partial charge on any atom is 0.300 e. The van der Waals surface area contributed by atoms with E-state index in [2.05, 4.69) is 0 Å². The van der Waals surface area contributed by atoms with Gasteiger partial charge in [0.1, 0.15) is 5.69 Å². The maximum atomic E-state index is 11.5. The maximum absolute atomic E-state index is 11.5. The van der Waals surface area contributed by atoms with Gasteiger partial charge in [-0.15, -0.1) is 0 Å². The van der Waals surface area contributed by atoms with E-state index in [0.29, 0.717) is 5.69 Å². The molecule has 7 heteroatoms. The number of hydrogen-bond donors (Lipinski definition) is 0. The van der Waals surface area contributed by atoms with Crippen LogP contribution >= 0.6 is 0 Å². The van der Waals surface area contributed by atoms with Crippen molar-refractivity contribution in [1.82, 2.24) is 4.57 Å². The number of aromatic nitrogens is 1. The molecule has 0 saturated carbocycles. The van der Waals surface area contributed by atoms with Crippen molar-refractivity contribution in [2.45, 2.75) is 0 Å². The van der Waals surface area contributed by atoms with Crippen molar-refractivity contribution in [3.8, 4) is 5.69 Å². The molecule has 4 rings (SSSR count). The first-order chi connectivity index (χ1) is 12.1. The Morgan fingerprint density at radius 2 is 1.28 bits per heavy atom. The van der Waals surface area contributed by atoms with Crippen LogP contribution in [0, 0.1) is 20.2 Å². The molecular weight excluding hydrogens is 322 g/mol. The first-order valence-electron chi connectivity index (χ1n) is 7.49. The summed E-state index contributed by atoms with van der Waals surface area (Å²) in [7, 11) is 0. The van der Waals surface area contributed by atoms with Gasteiger partial charge in [0.2, 0.25) is 0 Å². The van der Waals surface area contributed by atoms with Gasteiger partial charge in [0, 0.05) is 16.8 Å². The lowest BCUT2D eigenvalue weighted by Crippen LogP contribution is -2.01. The molecule has 0 amide bonds. The fraction of sp³-hybridized carbons (Fsp3) is 0. The third kappa shape index (κ3) is 2.21. The van der Waals surface area contributed by atoms with Crippen molar-refractivity contribution in [1.29, 1.82) is 0 Å². The second kappa shape index (κ2) is 5.41. The Hall–Kier alpha value is -3.74. The van der Waals surface area contributed by atoms with Crippen molar-refractivity contribution in [3.63, 3.8) is 0 Å². The van der Waals surface area contributed by atoms with Crippen molar-refractivity contribution in [2.75, 3.05) is 0 Å². The Morgan fingerprint density at radius 1 is 0.720 bits per heavy atom. The van der Waals surface area contributed by atoms with E-state index in [1.807, 2.05) is 48.5 Å². The number of rotatable bonds is 3. The molecule has 0 spiro atoms. The van der Waals surface area contributed by atoms with Crippen molar-refractivity contribution in [3.05, 3.63) is 87.0 Å². The molecule has 0 fully saturated rings. The number of fused-ring (bicyclic) bond motifs is 3. The quantitative estimate of drug-likeness (QED) is 0.404. The largest absolute Gasteiger partial charge is 0.303 e. The average molecular weight is 333 g/mol. The zero-order chi connectivity index (χ0) is 17.6. The van der Waals surface area contributed by atoms with E-state index < -0.39 is 9.85 Å². The molecule has 0 aliphatic rings. The molecular formula is C18H11N3O4. The minimum atomic E-state index is -0.636. The summed E-state index contributed by atoms with van der Waals surface area (Å²) < 4.78 is 1.77. The molecule has 1 aromatic heterocycles. The smallest absolute Gasteiger partial charge is 0.300 e. The van der Waals surface area contributed by atoms with Crippen LogP contribution in [0.4, 0.5) is 11.4 Å². The zero-order valence-corrected chi connectivity index (χ0v) is 12.8. The van der Waals surface area contributed by atoms with E-state index in [-0.39, 0.29) is 11.4 Å². The molecule has 0 radical (unpaired) electrons. The minimum Gasteiger partial charge on any atom is -0.303 e. The lowest BCUT2D eigenvalue weighted by atomic mass is 10.2. The molecule has 0 bridgehead atoms. The van der Waals surface area contributed by atoms with E-state index in [4.69, 9.17) is 0 Å². The van der Waals surface area contributed by atoms with E-state index in [0.717, 1.165) is 27.9 Å².